The summed E-state index contributed by atoms with van der Waals surface area (Å²) in [6, 6.07) is 0. The quantitative estimate of drug-likeness (QED) is 0.772. The molecule has 2 N–H and O–H groups in total. The van der Waals surface area contributed by atoms with Crippen molar-refractivity contribution in [1.29, 1.82) is 0 Å². The molecule has 15 heavy (non-hydrogen) atoms. The number of rotatable bonds is 4. The molecule has 88 valence electrons. The van der Waals surface area contributed by atoms with Crippen LogP contribution in [0.5, 0.6) is 0 Å². The van der Waals surface area contributed by atoms with Gasteiger partial charge in [0.15, 0.2) is 0 Å². The van der Waals surface area contributed by atoms with E-state index in [4.69, 9.17) is 5.11 Å². The first-order valence-corrected chi connectivity index (χ1v) is 6.33. The minimum atomic E-state index is -0.874. The summed E-state index contributed by atoms with van der Waals surface area (Å²) in [5.41, 5.74) is 0. The zero-order chi connectivity index (χ0) is 11.4. The molecule has 0 aromatic heterocycles. The average molecular weight is 233 g/mol. The van der Waals surface area contributed by atoms with Gasteiger partial charge in [0.25, 0.3) is 0 Å². The van der Waals surface area contributed by atoms with Crippen LogP contribution in [0.15, 0.2) is 0 Å². The predicted molar refractivity (Wildman–Crippen MR) is 61.3 cm³/mol. The number of thioether (sulfide) groups is 1. The molecule has 0 aliphatic carbocycles. The smallest absolute Gasteiger partial charge is 0.407 e. The topological polar surface area (TPSA) is 60.8 Å². The van der Waals surface area contributed by atoms with E-state index < -0.39 is 6.09 Å². The summed E-state index contributed by atoms with van der Waals surface area (Å²) in [5.74, 6) is 0.822. The summed E-state index contributed by atoms with van der Waals surface area (Å²) in [7, 11) is 0. The van der Waals surface area contributed by atoms with Crippen molar-refractivity contribution in [1.82, 2.24) is 4.90 Å². The Balaban J connectivity index is 2.30. The number of likely N-dealkylation sites (tertiary alicyclic amines) is 1. The number of carboxylic acid groups (broad SMARTS) is 1. The van der Waals surface area contributed by atoms with Crippen LogP contribution in [0.25, 0.3) is 0 Å². The molecule has 1 aliphatic rings. The van der Waals surface area contributed by atoms with Gasteiger partial charge in [0, 0.05) is 24.8 Å². The van der Waals surface area contributed by atoms with Gasteiger partial charge in [-0.3, -0.25) is 0 Å². The maximum atomic E-state index is 10.7. The van der Waals surface area contributed by atoms with Gasteiger partial charge in [-0.15, -0.1) is 0 Å². The fourth-order valence-corrected chi connectivity index (χ4v) is 2.56. The van der Waals surface area contributed by atoms with Gasteiger partial charge in [-0.05, 0) is 11.7 Å². The molecule has 0 bridgehead atoms. The number of nitrogens with zero attached hydrogens (tertiary/aromatic N) is 1. The maximum Gasteiger partial charge on any atom is 0.407 e. The van der Waals surface area contributed by atoms with Crippen molar-refractivity contribution in [3.05, 3.63) is 0 Å². The van der Waals surface area contributed by atoms with Crippen LogP contribution in [0.4, 0.5) is 4.79 Å². The van der Waals surface area contributed by atoms with Crippen LogP contribution >= 0.6 is 11.8 Å². The first-order valence-electron chi connectivity index (χ1n) is 5.28. The minimum Gasteiger partial charge on any atom is -0.465 e. The molecule has 0 radical (unpaired) electrons. The van der Waals surface area contributed by atoms with Gasteiger partial charge in [-0.1, -0.05) is 13.8 Å². The molecule has 4 nitrogen and oxygen atoms in total. The Bertz CT molecular complexity index is 223. The number of carbonyl (C=O) groups is 1. The van der Waals surface area contributed by atoms with E-state index in [1.54, 1.807) is 11.8 Å². The third kappa shape index (κ3) is 3.91. The van der Waals surface area contributed by atoms with E-state index >= 15 is 0 Å². The Hall–Kier alpha value is -0.420. The highest BCUT2D eigenvalue weighted by molar-refractivity contribution is 7.99. The fraction of sp³-hybridized carbons (Fsp3) is 0.900. The molecule has 1 aliphatic heterocycles. The monoisotopic (exact) mass is 233 g/mol. The van der Waals surface area contributed by atoms with E-state index in [1.165, 1.54) is 4.90 Å². The van der Waals surface area contributed by atoms with Crippen LogP contribution < -0.4 is 0 Å². The lowest BCUT2D eigenvalue weighted by Gasteiger charge is -2.18. The number of aliphatic hydroxyl groups excluding tert-OH is 1. The highest BCUT2D eigenvalue weighted by atomic mass is 32.2. The summed E-state index contributed by atoms with van der Waals surface area (Å²) in [4.78, 5) is 12.1. The molecule has 2 atom stereocenters. The van der Waals surface area contributed by atoms with E-state index in [0.29, 0.717) is 24.1 Å². The molecule has 0 saturated carbocycles. The van der Waals surface area contributed by atoms with Crippen LogP contribution in [0.3, 0.4) is 0 Å². The largest absolute Gasteiger partial charge is 0.465 e. The van der Waals surface area contributed by atoms with E-state index in [1.807, 2.05) is 0 Å². The lowest BCUT2D eigenvalue weighted by atomic mass is 10.0. The second-order valence-electron chi connectivity index (χ2n) is 4.23. The Morgan fingerprint density at radius 3 is 2.73 bits per heavy atom. The normalized spacial score (nSPS) is 23.5. The lowest BCUT2D eigenvalue weighted by Crippen LogP contribution is -2.30. The third-order valence-corrected chi connectivity index (χ3v) is 3.84. The number of amides is 1. The summed E-state index contributed by atoms with van der Waals surface area (Å²) in [5, 5.41) is 19.1. The summed E-state index contributed by atoms with van der Waals surface area (Å²) in [6.07, 6.45) is -0.463. The summed E-state index contributed by atoms with van der Waals surface area (Å²) >= 11 is 1.72. The highest BCUT2D eigenvalue weighted by Crippen LogP contribution is 2.23. The van der Waals surface area contributed by atoms with Crippen molar-refractivity contribution in [2.75, 3.05) is 18.8 Å². The van der Waals surface area contributed by atoms with Crippen LogP contribution in [0, 0.1) is 5.92 Å². The van der Waals surface area contributed by atoms with Gasteiger partial charge in [0.1, 0.15) is 0 Å². The lowest BCUT2D eigenvalue weighted by molar-refractivity contribution is 0.124. The van der Waals surface area contributed by atoms with E-state index in [2.05, 4.69) is 13.8 Å². The zero-order valence-electron chi connectivity index (χ0n) is 9.22. The SMILES string of the molecule is CC(C)SC[C@H](O)C1CCN(C(=O)O)C1. The second kappa shape index (κ2) is 5.61. The van der Waals surface area contributed by atoms with Gasteiger partial charge in [-0.25, -0.2) is 4.79 Å². The van der Waals surface area contributed by atoms with Crippen LogP contribution in [0.1, 0.15) is 20.3 Å². The van der Waals surface area contributed by atoms with Gasteiger partial charge >= 0.3 is 6.09 Å². The Kier molecular flexibility index (Phi) is 4.73. The highest BCUT2D eigenvalue weighted by Gasteiger charge is 2.30. The number of hydrogen-bond acceptors (Lipinski definition) is 3. The molecule has 1 heterocycles. The molecule has 1 unspecified atom stereocenters. The summed E-state index contributed by atoms with van der Waals surface area (Å²) < 4.78 is 0. The molecule has 0 aromatic rings. The van der Waals surface area contributed by atoms with Crippen molar-refractivity contribution >= 4 is 17.9 Å². The van der Waals surface area contributed by atoms with Gasteiger partial charge in [0.05, 0.1) is 6.10 Å². The van der Waals surface area contributed by atoms with Crippen LogP contribution in [-0.2, 0) is 0 Å². The maximum absolute atomic E-state index is 10.7. The molecular formula is C10H19NO3S. The molecule has 1 saturated heterocycles. The average Bonchev–Trinajstić information content (AvgIpc) is 2.62. The molecular weight excluding hydrogens is 214 g/mol. The first kappa shape index (κ1) is 12.6. The van der Waals surface area contributed by atoms with Crippen molar-refractivity contribution in [2.24, 2.45) is 5.92 Å². The van der Waals surface area contributed by atoms with Crippen molar-refractivity contribution in [2.45, 2.75) is 31.6 Å². The van der Waals surface area contributed by atoms with Gasteiger partial charge in [-0.2, -0.15) is 11.8 Å². The first-order chi connectivity index (χ1) is 7.00. The molecule has 1 fully saturated rings. The summed E-state index contributed by atoms with van der Waals surface area (Å²) in [6.45, 7) is 5.23. The molecule has 0 spiro atoms. The number of aliphatic hydroxyl groups is 1. The molecule has 5 heteroatoms. The standard InChI is InChI=1S/C10H19NO3S/c1-7(2)15-6-9(12)8-3-4-11(5-8)10(13)14/h7-9,12H,3-6H2,1-2H3,(H,13,14)/t8?,9-/m0/s1. The van der Waals surface area contributed by atoms with Crippen molar-refractivity contribution < 1.29 is 15.0 Å². The predicted octanol–water partition coefficient (Wildman–Crippen LogP) is 1.49. The van der Waals surface area contributed by atoms with E-state index in [0.717, 1.165) is 6.42 Å². The van der Waals surface area contributed by atoms with Crippen LogP contribution in [-0.4, -0.2) is 51.4 Å². The fourth-order valence-electron chi connectivity index (χ4n) is 1.70. The van der Waals surface area contributed by atoms with E-state index in [-0.39, 0.29) is 12.0 Å². The number of hydrogen-bond donors (Lipinski definition) is 2. The van der Waals surface area contributed by atoms with Gasteiger partial charge < -0.3 is 15.1 Å². The Morgan fingerprint density at radius 1 is 1.60 bits per heavy atom. The Morgan fingerprint density at radius 2 is 2.27 bits per heavy atom. The van der Waals surface area contributed by atoms with Crippen molar-refractivity contribution in [3.8, 4) is 0 Å². The minimum absolute atomic E-state index is 0.118. The molecule has 1 amide bonds. The molecule has 1 rings (SSSR count). The van der Waals surface area contributed by atoms with E-state index in [9.17, 15) is 9.90 Å². The van der Waals surface area contributed by atoms with Crippen molar-refractivity contribution in [3.63, 3.8) is 0 Å². The third-order valence-electron chi connectivity index (χ3n) is 2.64. The van der Waals surface area contributed by atoms with Crippen LogP contribution in [0.2, 0.25) is 0 Å². The molecule has 0 aromatic carbocycles. The Labute approximate surface area is 94.7 Å². The second-order valence-corrected chi connectivity index (χ2v) is 5.84. The zero-order valence-corrected chi connectivity index (χ0v) is 10.0. The van der Waals surface area contributed by atoms with Gasteiger partial charge in [0.2, 0.25) is 0 Å².